The average molecular weight is 790 g/mol. The molecule has 0 nitrogen and oxygen atoms in total. The van der Waals surface area contributed by atoms with Crippen LogP contribution in [0.25, 0.3) is 43.8 Å². The summed E-state index contributed by atoms with van der Waals surface area (Å²) in [6.45, 7) is 9.23. The van der Waals surface area contributed by atoms with E-state index in [1.807, 2.05) is 0 Å². The molecule has 0 fully saturated rings. The molecule has 51 heavy (non-hydrogen) atoms. The minimum Gasteiger partial charge on any atom is -1.00 e. The molecular weight excluding hydrogens is 733 g/mol. The van der Waals surface area contributed by atoms with Gasteiger partial charge < -0.3 is 24.8 Å². The van der Waals surface area contributed by atoms with Gasteiger partial charge in [-0.15, -0.1) is 68.6 Å². The monoisotopic (exact) mass is 788 g/mol. The summed E-state index contributed by atoms with van der Waals surface area (Å²) in [7, 11) is 0.00872. The van der Waals surface area contributed by atoms with Gasteiger partial charge in [-0.1, -0.05) is 153 Å². The van der Waals surface area contributed by atoms with Gasteiger partial charge in [0.2, 0.25) is 0 Å². The molecule has 0 aliphatic carbocycles. The maximum Gasteiger partial charge on any atom is 4.00 e. The van der Waals surface area contributed by atoms with Crippen LogP contribution >= 0.6 is 15.8 Å². The summed E-state index contributed by atoms with van der Waals surface area (Å²) >= 11 is 0. The van der Waals surface area contributed by atoms with Crippen LogP contribution in [0.3, 0.4) is 0 Å². The van der Waals surface area contributed by atoms with Gasteiger partial charge in [-0.05, 0) is 61.5 Å². The van der Waals surface area contributed by atoms with E-state index in [4.69, 9.17) is 0 Å². The molecule has 0 atom stereocenters. The van der Waals surface area contributed by atoms with Crippen molar-refractivity contribution in [3.8, 4) is 22.3 Å². The molecule has 0 aliphatic rings. The van der Waals surface area contributed by atoms with Gasteiger partial charge in [-0.3, -0.25) is 0 Å². The van der Waals surface area contributed by atoms with E-state index in [1.165, 1.54) is 120 Å². The van der Waals surface area contributed by atoms with E-state index in [0.717, 1.165) is 0 Å². The van der Waals surface area contributed by atoms with Crippen molar-refractivity contribution in [2.75, 3.05) is 24.6 Å². The van der Waals surface area contributed by atoms with E-state index in [-0.39, 0.29) is 62.4 Å². The zero-order chi connectivity index (χ0) is 33.6. The molecule has 0 N–H and O–H groups in total. The summed E-state index contributed by atoms with van der Waals surface area (Å²) in [5.74, 6) is 0. The Labute approximate surface area is 339 Å². The first kappa shape index (κ1) is 45.4. The molecule has 0 unspecified atom stereocenters. The number of halogens is 2. The molecule has 0 spiro atoms. The molecule has 0 saturated heterocycles. The minimum absolute atomic E-state index is 0. The van der Waals surface area contributed by atoms with Crippen molar-refractivity contribution in [3.63, 3.8) is 0 Å². The molecule has 0 aliphatic heterocycles. The topological polar surface area (TPSA) is 0 Å². The van der Waals surface area contributed by atoms with E-state index >= 15 is 0 Å². The molecular formula is C46H56Cl2P2Ti. The molecule has 0 amide bonds. The SMILES string of the molecule is CCCCP(CCCC)c1cc2c(-c3ccccc3)cccc2[cH-]1.CCCCP(CCCC)c1cc2c(-c3ccccc3)cccc2[cH-]1.[Cl-].[Cl-].[Ti+4]. The fourth-order valence-corrected chi connectivity index (χ4v) is 12.2. The van der Waals surface area contributed by atoms with Gasteiger partial charge in [0.15, 0.2) is 0 Å². The summed E-state index contributed by atoms with van der Waals surface area (Å²) in [6, 6.07) is 45.0. The summed E-state index contributed by atoms with van der Waals surface area (Å²) in [5.41, 5.74) is 5.40. The van der Waals surface area contributed by atoms with Crippen molar-refractivity contribution in [3.05, 3.63) is 121 Å². The van der Waals surface area contributed by atoms with Gasteiger partial charge in [0.25, 0.3) is 0 Å². The first-order valence-corrected chi connectivity index (χ1v) is 22.1. The number of rotatable bonds is 16. The van der Waals surface area contributed by atoms with Crippen LogP contribution in [-0.2, 0) is 21.7 Å². The summed E-state index contributed by atoms with van der Waals surface area (Å²) < 4.78 is 0. The molecule has 268 valence electrons. The zero-order valence-electron chi connectivity index (χ0n) is 31.2. The van der Waals surface area contributed by atoms with Crippen molar-refractivity contribution in [2.45, 2.75) is 79.1 Å². The Kier molecular flexibility index (Phi) is 21.9. The molecule has 6 rings (SSSR count). The van der Waals surface area contributed by atoms with Crippen LogP contribution in [0.2, 0.25) is 0 Å². The van der Waals surface area contributed by atoms with Gasteiger partial charge in [-0.25, -0.2) is 0 Å². The van der Waals surface area contributed by atoms with Gasteiger partial charge in [0.1, 0.15) is 0 Å². The van der Waals surface area contributed by atoms with Crippen LogP contribution in [0.4, 0.5) is 0 Å². The van der Waals surface area contributed by atoms with E-state index in [9.17, 15) is 0 Å². The van der Waals surface area contributed by atoms with Gasteiger partial charge in [-0.2, -0.15) is 12.1 Å². The zero-order valence-corrected chi connectivity index (χ0v) is 36.0. The Balaban J connectivity index is 0.000000334. The third-order valence-corrected chi connectivity index (χ3v) is 14.9. The van der Waals surface area contributed by atoms with Crippen LogP contribution < -0.4 is 35.4 Å². The molecule has 0 radical (unpaired) electrons. The van der Waals surface area contributed by atoms with E-state index < -0.39 is 0 Å². The van der Waals surface area contributed by atoms with Crippen LogP contribution in [0, 0.1) is 0 Å². The summed E-state index contributed by atoms with van der Waals surface area (Å²) in [6.07, 6.45) is 16.2. The minimum atomic E-state index is 0. The summed E-state index contributed by atoms with van der Waals surface area (Å²) in [5, 5.41) is 8.91. The smallest absolute Gasteiger partial charge is 1.00 e. The first-order valence-electron chi connectivity index (χ1n) is 18.7. The van der Waals surface area contributed by atoms with Crippen molar-refractivity contribution in [1.29, 1.82) is 0 Å². The number of benzene rings is 4. The van der Waals surface area contributed by atoms with Crippen molar-refractivity contribution in [2.24, 2.45) is 0 Å². The largest absolute Gasteiger partial charge is 4.00 e. The number of unbranched alkanes of at least 4 members (excludes halogenated alkanes) is 4. The maximum atomic E-state index is 2.49. The predicted octanol–water partition coefficient (Wildman–Crippen LogP) is 7.87. The molecule has 0 saturated carbocycles. The second-order valence-electron chi connectivity index (χ2n) is 13.2. The molecule has 6 aromatic rings. The second-order valence-corrected chi connectivity index (χ2v) is 18.1. The van der Waals surface area contributed by atoms with Crippen molar-refractivity contribution in [1.82, 2.24) is 0 Å². The van der Waals surface area contributed by atoms with E-state index in [1.54, 1.807) is 10.6 Å². The van der Waals surface area contributed by atoms with Crippen molar-refractivity contribution < 1.29 is 46.5 Å². The molecule has 0 aromatic heterocycles. The number of hydrogen-bond acceptors (Lipinski definition) is 0. The molecule has 6 aromatic carbocycles. The number of fused-ring (bicyclic) bond motifs is 2. The predicted molar refractivity (Wildman–Crippen MR) is 222 cm³/mol. The van der Waals surface area contributed by atoms with Gasteiger partial charge in [0.05, 0.1) is 0 Å². The van der Waals surface area contributed by atoms with E-state index in [0.29, 0.717) is 0 Å². The maximum absolute atomic E-state index is 2.49. The summed E-state index contributed by atoms with van der Waals surface area (Å²) in [4.78, 5) is 0. The molecule has 0 heterocycles. The van der Waals surface area contributed by atoms with Crippen LogP contribution in [0.15, 0.2) is 121 Å². The number of hydrogen-bond donors (Lipinski definition) is 0. The Morgan fingerprint density at radius 3 is 1.08 bits per heavy atom. The Morgan fingerprint density at radius 2 is 0.765 bits per heavy atom. The first-order chi connectivity index (χ1) is 23.7. The van der Waals surface area contributed by atoms with Crippen LogP contribution in [0.5, 0.6) is 0 Å². The third-order valence-electron chi connectivity index (χ3n) is 9.50. The normalized spacial score (nSPS) is 10.8. The average Bonchev–Trinajstić information content (AvgIpc) is 3.78. The molecule has 0 bridgehead atoms. The Hall–Kier alpha value is -1.75. The third kappa shape index (κ3) is 12.7. The van der Waals surface area contributed by atoms with Gasteiger partial charge in [0, 0.05) is 0 Å². The fraction of sp³-hybridized carbons (Fsp3) is 0.348. The Bertz CT molecular complexity index is 1640. The van der Waals surface area contributed by atoms with Crippen LogP contribution in [0.1, 0.15) is 79.1 Å². The van der Waals surface area contributed by atoms with Crippen molar-refractivity contribution >= 4 is 48.0 Å². The van der Waals surface area contributed by atoms with E-state index in [2.05, 4.69) is 149 Å². The Morgan fingerprint density at radius 1 is 0.431 bits per heavy atom. The second kappa shape index (κ2) is 24.5. The van der Waals surface area contributed by atoms with Crippen LogP contribution in [-0.4, -0.2) is 24.6 Å². The standard InChI is InChI=1S/2C23H28P.2ClH.Ti/c2*1-3-5-15-24(16-6-4-2)21-17-20-13-10-14-22(23(20)18-21)19-11-8-7-9-12-19;;;/h2*7-14,17-18H,3-6,15-16H2,1-2H3;2*1H;/q2*-1;;;+4/p-2. The molecule has 5 heteroatoms. The quantitative estimate of drug-likeness (QED) is 0.0533. The van der Waals surface area contributed by atoms with Gasteiger partial charge >= 0.3 is 21.7 Å². The fourth-order valence-electron chi connectivity index (χ4n) is 6.68.